The zero-order valence-corrected chi connectivity index (χ0v) is 8.90. The van der Waals surface area contributed by atoms with E-state index in [0.29, 0.717) is 0 Å². The minimum absolute atomic E-state index is 0.0546. The highest BCUT2D eigenvalue weighted by atomic mass is 16.4. The Morgan fingerprint density at radius 2 is 2.27 bits per heavy atom. The van der Waals surface area contributed by atoms with Crippen LogP contribution in [0, 0.1) is 6.92 Å². The van der Waals surface area contributed by atoms with Crippen LogP contribution < -0.4 is 5.32 Å². The van der Waals surface area contributed by atoms with Crippen molar-refractivity contribution in [1.82, 2.24) is 5.32 Å². The van der Waals surface area contributed by atoms with Crippen LogP contribution >= 0.6 is 0 Å². The van der Waals surface area contributed by atoms with Crippen molar-refractivity contribution in [1.29, 1.82) is 0 Å². The van der Waals surface area contributed by atoms with Crippen LogP contribution in [0.2, 0.25) is 0 Å². The third-order valence-electron chi connectivity index (χ3n) is 2.14. The second-order valence-electron chi connectivity index (χ2n) is 3.38. The summed E-state index contributed by atoms with van der Waals surface area (Å²) in [7, 11) is 1.80. The van der Waals surface area contributed by atoms with Gasteiger partial charge in [-0.1, -0.05) is 35.9 Å². The zero-order valence-electron chi connectivity index (χ0n) is 8.90. The summed E-state index contributed by atoms with van der Waals surface area (Å²) in [5, 5.41) is 11.6. The smallest absolute Gasteiger partial charge is 0.328 e. The van der Waals surface area contributed by atoms with Gasteiger partial charge in [0, 0.05) is 6.08 Å². The maximum atomic E-state index is 10.4. The van der Waals surface area contributed by atoms with Crippen molar-refractivity contribution in [3.05, 3.63) is 47.5 Å². The number of likely N-dealkylation sites (N-methyl/N-ethyl adjacent to an activating group) is 1. The summed E-state index contributed by atoms with van der Waals surface area (Å²) in [4.78, 5) is 10.4. The van der Waals surface area contributed by atoms with Gasteiger partial charge in [-0.15, -0.1) is 0 Å². The lowest BCUT2D eigenvalue weighted by Gasteiger charge is -2.12. The van der Waals surface area contributed by atoms with Gasteiger partial charge in [-0.05, 0) is 19.5 Å². The SMILES string of the molecule is CNC(/C=C/C(=O)O)c1cccc(C)c1. The summed E-state index contributed by atoms with van der Waals surface area (Å²) in [6, 6.07) is 7.93. The zero-order chi connectivity index (χ0) is 11.3. The maximum Gasteiger partial charge on any atom is 0.328 e. The summed E-state index contributed by atoms with van der Waals surface area (Å²) in [5.74, 6) is -0.928. The van der Waals surface area contributed by atoms with Crippen molar-refractivity contribution >= 4 is 5.97 Å². The molecule has 3 nitrogen and oxygen atoms in total. The molecule has 0 radical (unpaired) electrons. The molecule has 0 saturated carbocycles. The molecule has 0 heterocycles. The lowest BCUT2D eigenvalue weighted by molar-refractivity contribution is -0.131. The quantitative estimate of drug-likeness (QED) is 0.738. The molecular weight excluding hydrogens is 190 g/mol. The molecule has 1 aromatic carbocycles. The third kappa shape index (κ3) is 3.56. The summed E-state index contributed by atoms with van der Waals surface area (Å²) in [5.41, 5.74) is 2.23. The Bertz CT molecular complexity index is 372. The van der Waals surface area contributed by atoms with E-state index in [1.807, 2.05) is 31.2 Å². The summed E-state index contributed by atoms with van der Waals surface area (Å²) >= 11 is 0. The molecule has 1 unspecified atom stereocenters. The molecule has 15 heavy (non-hydrogen) atoms. The third-order valence-corrected chi connectivity index (χ3v) is 2.14. The predicted octanol–water partition coefficient (Wildman–Crippen LogP) is 1.90. The van der Waals surface area contributed by atoms with Gasteiger partial charge in [-0.2, -0.15) is 0 Å². The van der Waals surface area contributed by atoms with Crippen LogP contribution in [0.4, 0.5) is 0 Å². The van der Waals surface area contributed by atoms with E-state index in [0.717, 1.165) is 17.2 Å². The number of aryl methyl sites for hydroxylation is 1. The lowest BCUT2D eigenvalue weighted by Crippen LogP contribution is -2.14. The molecule has 0 aliphatic carbocycles. The first-order valence-corrected chi connectivity index (χ1v) is 4.78. The molecule has 3 heteroatoms. The van der Waals surface area contributed by atoms with Gasteiger partial charge in [-0.25, -0.2) is 4.79 Å². The molecule has 1 aromatic rings. The number of benzene rings is 1. The van der Waals surface area contributed by atoms with Gasteiger partial charge in [0.25, 0.3) is 0 Å². The molecule has 0 saturated heterocycles. The van der Waals surface area contributed by atoms with E-state index in [1.165, 1.54) is 0 Å². The molecule has 0 fully saturated rings. The molecule has 1 rings (SSSR count). The minimum Gasteiger partial charge on any atom is -0.478 e. The van der Waals surface area contributed by atoms with Crippen molar-refractivity contribution in [2.45, 2.75) is 13.0 Å². The highest BCUT2D eigenvalue weighted by Gasteiger charge is 2.05. The van der Waals surface area contributed by atoms with Crippen molar-refractivity contribution in [3.8, 4) is 0 Å². The number of nitrogens with one attached hydrogen (secondary N) is 1. The Morgan fingerprint density at radius 3 is 2.80 bits per heavy atom. The second-order valence-corrected chi connectivity index (χ2v) is 3.38. The molecule has 0 bridgehead atoms. The van der Waals surface area contributed by atoms with Gasteiger partial charge in [0.05, 0.1) is 6.04 Å². The molecule has 0 aromatic heterocycles. The topological polar surface area (TPSA) is 49.3 Å². The first-order chi connectivity index (χ1) is 7.13. The first-order valence-electron chi connectivity index (χ1n) is 4.78. The molecule has 0 spiro atoms. The Morgan fingerprint density at radius 1 is 1.53 bits per heavy atom. The van der Waals surface area contributed by atoms with Gasteiger partial charge in [0.1, 0.15) is 0 Å². The Labute approximate surface area is 89.4 Å². The van der Waals surface area contributed by atoms with Crippen LogP contribution in [0.1, 0.15) is 17.2 Å². The Hall–Kier alpha value is -1.61. The Balaban J connectivity index is 2.87. The molecule has 0 amide bonds. The van der Waals surface area contributed by atoms with E-state index in [4.69, 9.17) is 5.11 Å². The van der Waals surface area contributed by atoms with Crippen LogP contribution in [-0.4, -0.2) is 18.1 Å². The number of hydrogen-bond donors (Lipinski definition) is 2. The van der Waals surface area contributed by atoms with E-state index in [9.17, 15) is 4.79 Å². The number of carbonyl (C=O) groups is 1. The van der Waals surface area contributed by atoms with E-state index >= 15 is 0 Å². The van der Waals surface area contributed by atoms with Crippen LogP contribution in [-0.2, 0) is 4.79 Å². The van der Waals surface area contributed by atoms with Crippen molar-refractivity contribution in [2.75, 3.05) is 7.05 Å². The van der Waals surface area contributed by atoms with E-state index in [-0.39, 0.29) is 6.04 Å². The first kappa shape index (κ1) is 11.5. The van der Waals surface area contributed by atoms with Gasteiger partial charge >= 0.3 is 5.97 Å². The fraction of sp³-hybridized carbons (Fsp3) is 0.250. The highest BCUT2D eigenvalue weighted by Crippen LogP contribution is 2.15. The predicted molar refractivity (Wildman–Crippen MR) is 59.8 cm³/mol. The number of rotatable bonds is 4. The minimum atomic E-state index is -0.928. The molecule has 0 aliphatic rings. The largest absolute Gasteiger partial charge is 0.478 e. The van der Waals surface area contributed by atoms with Crippen molar-refractivity contribution in [2.24, 2.45) is 0 Å². The van der Waals surface area contributed by atoms with E-state index in [2.05, 4.69) is 5.32 Å². The Kier molecular flexibility index (Phi) is 4.06. The average Bonchev–Trinajstić information content (AvgIpc) is 2.18. The molecule has 0 aliphatic heterocycles. The van der Waals surface area contributed by atoms with Crippen LogP contribution in [0.15, 0.2) is 36.4 Å². The molecular formula is C12H15NO2. The average molecular weight is 205 g/mol. The monoisotopic (exact) mass is 205 g/mol. The van der Waals surface area contributed by atoms with Crippen LogP contribution in [0.25, 0.3) is 0 Å². The van der Waals surface area contributed by atoms with Gasteiger partial charge in [-0.3, -0.25) is 0 Å². The van der Waals surface area contributed by atoms with Crippen LogP contribution in [0.5, 0.6) is 0 Å². The fourth-order valence-electron chi connectivity index (χ4n) is 1.42. The van der Waals surface area contributed by atoms with E-state index < -0.39 is 5.97 Å². The fourth-order valence-corrected chi connectivity index (χ4v) is 1.42. The van der Waals surface area contributed by atoms with E-state index in [1.54, 1.807) is 13.1 Å². The molecule has 1 atom stereocenters. The molecule has 2 N–H and O–H groups in total. The highest BCUT2D eigenvalue weighted by molar-refractivity contribution is 5.79. The molecule has 80 valence electrons. The van der Waals surface area contributed by atoms with Crippen molar-refractivity contribution in [3.63, 3.8) is 0 Å². The van der Waals surface area contributed by atoms with Gasteiger partial charge in [0.15, 0.2) is 0 Å². The summed E-state index contributed by atoms with van der Waals surface area (Å²) < 4.78 is 0. The number of hydrogen-bond acceptors (Lipinski definition) is 2. The number of carboxylic acids is 1. The van der Waals surface area contributed by atoms with Gasteiger partial charge in [0.2, 0.25) is 0 Å². The summed E-state index contributed by atoms with van der Waals surface area (Å²) in [6.45, 7) is 2.01. The van der Waals surface area contributed by atoms with Crippen LogP contribution in [0.3, 0.4) is 0 Å². The number of aliphatic carboxylic acids is 1. The second kappa shape index (κ2) is 5.32. The van der Waals surface area contributed by atoms with Gasteiger partial charge < -0.3 is 10.4 Å². The summed E-state index contributed by atoms with van der Waals surface area (Å²) in [6.07, 6.45) is 2.79. The lowest BCUT2D eigenvalue weighted by atomic mass is 10.0. The maximum absolute atomic E-state index is 10.4. The standard InChI is InChI=1S/C12H15NO2/c1-9-4-3-5-10(8-9)11(13-2)6-7-12(14)15/h3-8,11,13H,1-2H3,(H,14,15)/b7-6+. The van der Waals surface area contributed by atoms with Crippen molar-refractivity contribution < 1.29 is 9.90 Å². The normalized spacial score (nSPS) is 12.9. The number of carboxylic acid groups (broad SMARTS) is 1.